The van der Waals surface area contributed by atoms with Gasteiger partial charge in [-0.05, 0) is 36.4 Å². The van der Waals surface area contributed by atoms with Crippen LogP contribution in [0.15, 0.2) is 67.3 Å². The molecular formula is C18H18BrN3OS2. The second-order valence-corrected chi connectivity index (χ2v) is 8.48. The predicted octanol–water partition coefficient (Wildman–Crippen LogP) is 5.48. The smallest absolute Gasteiger partial charge is 0.237 e. The van der Waals surface area contributed by atoms with E-state index in [1.54, 1.807) is 23.5 Å². The van der Waals surface area contributed by atoms with E-state index in [-0.39, 0.29) is 0 Å². The maximum atomic E-state index is 5.36. The summed E-state index contributed by atoms with van der Waals surface area (Å²) in [5.74, 6) is 2.75. The highest BCUT2D eigenvalue weighted by molar-refractivity contribution is 9.10. The molecule has 0 radical (unpaired) electrons. The number of halogens is 1. The molecule has 0 aliphatic carbocycles. The second kappa shape index (κ2) is 8.78. The van der Waals surface area contributed by atoms with Crippen molar-refractivity contribution in [1.29, 1.82) is 0 Å². The molecule has 0 saturated carbocycles. The highest BCUT2D eigenvalue weighted by Crippen LogP contribution is 2.31. The van der Waals surface area contributed by atoms with Gasteiger partial charge in [-0.1, -0.05) is 33.2 Å². The molecule has 3 aromatic rings. The van der Waals surface area contributed by atoms with Crippen LogP contribution >= 0.6 is 39.5 Å². The number of nitrogens with zero attached hydrogens (tertiary/aromatic N) is 3. The molecule has 0 N–H and O–H groups in total. The highest BCUT2D eigenvalue weighted by Gasteiger charge is 2.10. The van der Waals surface area contributed by atoms with E-state index < -0.39 is 0 Å². The minimum absolute atomic E-state index is 0.657. The number of para-hydroxylation sites is 1. The van der Waals surface area contributed by atoms with Crippen molar-refractivity contribution in [3.05, 3.63) is 64.7 Å². The molecule has 130 valence electrons. The Morgan fingerprint density at radius 2 is 1.76 bits per heavy atom. The molecular weight excluding hydrogens is 418 g/mol. The zero-order chi connectivity index (χ0) is 17.6. The van der Waals surface area contributed by atoms with Crippen LogP contribution in [0.1, 0.15) is 11.7 Å². The number of rotatable bonds is 7. The van der Waals surface area contributed by atoms with Gasteiger partial charge in [-0.3, -0.25) is 0 Å². The van der Waals surface area contributed by atoms with E-state index in [4.69, 9.17) is 4.52 Å². The first kappa shape index (κ1) is 18.4. The fourth-order valence-corrected chi connectivity index (χ4v) is 4.15. The van der Waals surface area contributed by atoms with Gasteiger partial charge in [0.15, 0.2) is 5.82 Å². The van der Waals surface area contributed by atoms with Crippen LogP contribution in [-0.4, -0.2) is 24.2 Å². The molecule has 0 unspecified atom stereocenters. The summed E-state index contributed by atoms with van der Waals surface area (Å²) in [4.78, 5) is 8.99. The zero-order valence-corrected chi connectivity index (χ0v) is 17.2. The van der Waals surface area contributed by atoms with Gasteiger partial charge in [0.05, 0.1) is 11.5 Å². The van der Waals surface area contributed by atoms with Crippen LogP contribution in [0.4, 0.5) is 5.69 Å². The van der Waals surface area contributed by atoms with Gasteiger partial charge >= 0.3 is 0 Å². The maximum absolute atomic E-state index is 5.36. The molecule has 2 aromatic carbocycles. The van der Waals surface area contributed by atoms with Gasteiger partial charge < -0.3 is 9.42 Å². The summed E-state index contributed by atoms with van der Waals surface area (Å²) in [5.41, 5.74) is 1.20. The third kappa shape index (κ3) is 5.26. The third-order valence-electron chi connectivity index (χ3n) is 3.39. The maximum Gasteiger partial charge on any atom is 0.237 e. The minimum Gasteiger partial charge on any atom is -0.377 e. The molecule has 3 rings (SSSR count). The van der Waals surface area contributed by atoms with E-state index in [0.29, 0.717) is 17.4 Å². The van der Waals surface area contributed by atoms with E-state index in [2.05, 4.69) is 55.2 Å². The minimum atomic E-state index is 0.657. The number of anilines is 1. The lowest BCUT2D eigenvalue weighted by Gasteiger charge is -2.16. The Morgan fingerprint density at radius 1 is 1.00 bits per heavy atom. The lowest BCUT2D eigenvalue weighted by atomic mass is 10.3. The average molecular weight is 436 g/mol. The molecule has 1 aromatic heterocycles. The number of benzene rings is 2. The SMILES string of the molecule is CN(C)c1ccccc1SCc1noc(CSc2ccc(Br)cc2)n1. The normalized spacial score (nSPS) is 10.8. The molecule has 4 nitrogen and oxygen atoms in total. The van der Waals surface area contributed by atoms with E-state index in [1.807, 2.05) is 38.4 Å². The van der Waals surface area contributed by atoms with Gasteiger partial charge in [-0.25, -0.2) is 0 Å². The van der Waals surface area contributed by atoms with Crippen LogP contribution < -0.4 is 4.90 Å². The standard InChI is InChI=1S/C18H18BrN3OS2/c1-22(2)15-5-3-4-6-16(15)25-11-17-20-18(23-21-17)12-24-14-9-7-13(19)8-10-14/h3-10H,11-12H2,1-2H3. The van der Waals surface area contributed by atoms with Crippen LogP contribution in [-0.2, 0) is 11.5 Å². The summed E-state index contributed by atoms with van der Waals surface area (Å²) in [6.45, 7) is 0. The van der Waals surface area contributed by atoms with Gasteiger partial charge in [0.25, 0.3) is 0 Å². The third-order valence-corrected chi connectivity index (χ3v) is 5.97. The van der Waals surface area contributed by atoms with Gasteiger partial charge in [0.1, 0.15) is 0 Å². The number of hydrogen-bond donors (Lipinski definition) is 0. The number of thioether (sulfide) groups is 2. The molecule has 1 heterocycles. The molecule has 25 heavy (non-hydrogen) atoms. The second-order valence-electron chi connectivity index (χ2n) is 5.50. The van der Waals surface area contributed by atoms with Crippen molar-refractivity contribution in [2.45, 2.75) is 21.3 Å². The van der Waals surface area contributed by atoms with Crippen molar-refractivity contribution < 1.29 is 4.52 Å². The Hall–Kier alpha value is -1.44. The molecule has 7 heteroatoms. The summed E-state index contributed by atoms with van der Waals surface area (Å²) >= 11 is 6.84. The first-order valence-electron chi connectivity index (χ1n) is 7.71. The fraction of sp³-hybridized carbons (Fsp3) is 0.222. The van der Waals surface area contributed by atoms with E-state index in [1.165, 1.54) is 15.5 Å². The van der Waals surface area contributed by atoms with Crippen LogP contribution in [0.3, 0.4) is 0 Å². The zero-order valence-electron chi connectivity index (χ0n) is 14.0. The van der Waals surface area contributed by atoms with E-state index in [0.717, 1.165) is 10.3 Å². The fourth-order valence-electron chi connectivity index (χ4n) is 2.17. The molecule has 0 saturated heterocycles. The largest absolute Gasteiger partial charge is 0.377 e. The topological polar surface area (TPSA) is 42.2 Å². The first-order chi connectivity index (χ1) is 12.1. The van der Waals surface area contributed by atoms with Crippen molar-refractivity contribution in [3.8, 4) is 0 Å². The van der Waals surface area contributed by atoms with E-state index in [9.17, 15) is 0 Å². The van der Waals surface area contributed by atoms with Crippen molar-refractivity contribution in [2.75, 3.05) is 19.0 Å². The van der Waals surface area contributed by atoms with Gasteiger partial charge in [0.2, 0.25) is 5.89 Å². The van der Waals surface area contributed by atoms with Crippen molar-refractivity contribution in [2.24, 2.45) is 0 Å². The van der Waals surface area contributed by atoms with Gasteiger partial charge in [0, 0.05) is 34.0 Å². The van der Waals surface area contributed by atoms with Gasteiger partial charge in [-0.2, -0.15) is 4.98 Å². The predicted molar refractivity (Wildman–Crippen MR) is 108 cm³/mol. The first-order valence-corrected chi connectivity index (χ1v) is 10.5. The quantitative estimate of drug-likeness (QED) is 0.457. The molecule has 0 aliphatic rings. The van der Waals surface area contributed by atoms with Crippen LogP contribution in [0, 0.1) is 0 Å². The molecule has 0 aliphatic heterocycles. The van der Waals surface area contributed by atoms with Crippen LogP contribution in [0.2, 0.25) is 0 Å². The van der Waals surface area contributed by atoms with Crippen molar-refractivity contribution in [3.63, 3.8) is 0 Å². The number of aromatic nitrogens is 2. The molecule has 0 amide bonds. The number of hydrogen-bond acceptors (Lipinski definition) is 6. The van der Waals surface area contributed by atoms with Crippen molar-refractivity contribution >= 4 is 45.1 Å². The summed E-state index contributed by atoms with van der Waals surface area (Å²) in [5, 5.41) is 4.09. The Morgan fingerprint density at radius 3 is 2.52 bits per heavy atom. The Kier molecular flexibility index (Phi) is 6.45. The summed E-state index contributed by atoms with van der Waals surface area (Å²) in [7, 11) is 4.09. The summed E-state index contributed by atoms with van der Waals surface area (Å²) in [6, 6.07) is 16.5. The summed E-state index contributed by atoms with van der Waals surface area (Å²) in [6.07, 6.45) is 0. The average Bonchev–Trinajstić information content (AvgIpc) is 3.07. The molecule has 0 fully saturated rings. The molecule has 0 spiro atoms. The Bertz CT molecular complexity index is 821. The Labute approximate surface area is 164 Å². The monoisotopic (exact) mass is 435 g/mol. The lowest BCUT2D eigenvalue weighted by Crippen LogP contribution is -2.09. The van der Waals surface area contributed by atoms with Gasteiger partial charge in [-0.15, -0.1) is 23.5 Å². The van der Waals surface area contributed by atoms with E-state index >= 15 is 0 Å². The van der Waals surface area contributed by atoms with Crippen molar-refractivity contribution in [1.82, 2.24) is 10.1 Å². The van der Waals surface area contributed by atoms with Crippen LogP contribution in [0.25, 0.3) is 0 Å². The Balaban J connectivity index is 1.56. The molecule has 0 bridgehead atoms. The summed E-state index contributed by atoms with van der Waals surface area (Å²) < 4.78 is 6.44. The molecule has 0 atom stereocenters. The highest BCUT2D eigenvalue weighted by atomic mass is 79.9. The van der Waals surface area contributed by atoms with Crippen LogP contribution in [0.5, 0.6) is 0 Å². The lowest BCUT2D eigenvalue weighted by molar-refractivity contribution is 0.386.